The number of nitrogens with zero attached hydrogens (tertiary/aromatic N) is 2. The molecule has 2 atom stereocenters. The maximum absolute atomic E-state index is 13.4. The van der Waals surface area contributed by atoms with E-state index in [0.717, 1.165) is 48.9 Å². The second kappa shape index (κ2) is 11.8. The molecule has 3 aromatic rings. The number of likely N-dealkylation sites (tertiary alicyclic amines) is 1. The maximum atomic E-state index is 13.4. The zero-order valence-electron chi connectivity index (χ0n) is 20.3. The molecule has 0 unspecified atom stereocenters. The van der Waals surface area contributed by atoms with E-state index in [9.17, 15) is 9.18 Å². The number of carbonyl (C=O) groups is 1. The van der Waals surface area contributed by atoms with E-state index >= 15 is 0 Å². The third-order valence-corrected chi connectivity index (χ3v) is 6.76. The quantitative estimate of drug-likeness (QED) is 0.361. The van der Waals surface area contributed by atoms with E-state index in [1.54, 1.807) is 19.2 Å². The first-order chi connectivity index (χ1) is 17.1. The van der Waals surface area contributed by atoms with Gasteiger partial charge in [0.1, 0.15) is 11.6 Å². The molecule has 35 heavy (non-hydrogen) atoms. The summed E-state index contributed by atoms with van der Waals surface area (Å²) in [4.78, 5) is 19.2. The fraction of sp³-hybridized carbons (Fsp3) is 0.379. The highest BCUT2D eigenvalue weighted by atomic mass is 19.1. The Morgan fingerprint density at radius 1 is 1.20 bits per heavy atom. The van der Waals surface area contributed by atoms with Crippen LogP contribution in [0.15, 0.2) is 54.7 Å². The van der Waals surface area contributed by atoms with Gasteiger partial charge in [-0.1, -0.05) is 17.9 Å². The molecule has 6 heteroatoms. The van der Waals surface area contributed by atoms with Gasteiger partial charge < -0.3 is 9.47 Å². The Hall–Kier alpha value is -3.43. The monoisotopic (exact) mass is 474 g/mol. The number of halogens is 1. The van der Waals surface area contributed by atoms with Gasteiger partial charge in [-0.15, -0.1) is 0 Å². The molecule has 0 aliphatic carbocycles. The molecule has 4 rings (SSSR count). The van der Waals surface area contributed by atoms with Gasteiger partial charge in [0.25, 0.3) is 0 Å². The summed E-state index contributed by atoms with van der Waals surface area (Å²) in [5.74, 6) is 6.63. The number of hydrogen-bond acceptors (Lipinski definition) is 5. The van der Waals surface area contributed by atoms with Gasteiger partial charge in [-0.3, -0.25) is 14.7 Å². The predicted molar refractivity (Wildman–Crippen MR) is 135 cm³/mol. The summed E-state index contributed by atoms with van der Waals surface area (Å²) in [5, 5.41) is 1.11. The van der Waals surface area contributed by atoms with Crippen LogP contribution in [0.2, 0.25) is 0 Å². The van der Waals surface area contributed by atoms with Crippen LogP contribution in [0.25, 0.3) is 10.9 Å². The van der Waals surface area contributed by atoms with Crippen molar-refractivity contribution in [3.05, 3.63) is 71.7 Å². The Morgan fingerprint density at radius 2 is 2.09 bits per heavy atom. The average Bonchev–Trinajstić information content (AvgIpc) is 2.88. The third-order valence-electron chi connectivity index (χ3n) is 6.76. The molecule has 2 aromatic carbocycles. The van der Waals surface area contributed by atoms with Crippen LogP contribution in [-0.4, -0.2) is 49.7 Å². The van der Waals surface area contributed by atoms with E-state index in [1.165, 1.54) is 24.8 Å². The summed E-state index contributed by atoms with van der Waals surface area (Å²) in [6.45, 7) is 2.05. The molecule has 0 N–H and O–H groups in total. The Morgan fingerprint density at radius 3 is 2.89 bits per heavy atom. The number of aromatic nitrogens is 1. The second-order valence-corrected chi connectivity index (χ2v) is 8.97. The van der Waals surface area contributed by atoms with Crippen LogP contribution in [0.3, 0.4) is 0 Å². The van der Waals surface area contributed by atoms with E-state index in [0.29, 0.717) is 18.7 Å². The summed E-state index contributed by atoms with van der Waals surface area (Å²) < 4.78 is 23.9. The highest BCUT2D eigenvalue weighted by Gasteiger charge is 2.34. The lowest BCUT2D eigenvalue weighted by molar-refractivity contribution is -0.149. The number of esters is 1. The molecule has 5 nitrogen and oxygen atoms in total. The lowest BCUT2D eigenvalue weighted by Gasteiger charge is -2.36. The number of aryl methyl sites for hydroxylation is 1. The molecule has 1 saturated heterocycles. The number of rotatable bonds is 7. The van der Waals surface area contributed by atoms with E-state index in [4.69, 9.17) is 9.47 Å². The Bertz CT molecular complexity index is 1230. The van der Waals surface area contributed by atoms with E-state index < -0.39 is 0 Å². The highest BCUT2D eigenvalue weighted by Crippen LogP contribution is 2.30. The minimum atomic E-state index is -0.290. The molecule has 1 aliphatic rings. The first kappa shape index (κ1) is 24.7. The minimum absolute atomic E-state index is 0.156. The molecule has 2 heterocycles. The van der Waals surface area contributed by atoms with Crippen LogP contribution in [0.5, 0.6) is 5.75 Å². The Kier molecular flexibility index (Phi) is 8.33. The summed E-state index contributed by atoms with van der Waals surface area (Å²) in [5.41, 5.74) is 2.86. The van der Waals surface area contributed by atoms with Crippen molar-refractivity contribution in [2.45, 2.75) is 25.7 Å². The largest absolute Gasteiger partial charge is 0.497 e. The maximum Gasteiger partial charge on any atom is 0.310 e. The number of pyridine rings is 1. The van der Waals surface area contributed by atoms with Crippen molar-refractivity contribution in [3.63, 3.8) is 0 Å². The highest BCUT2D eigenvalue weighted by molar-refractivity contribution is 5.83. The zero-order chi connectivity index (χ0) is 24.6. The molecule has 0 bridgehead atoms. The zero-order valence-corrected chi connectivity index (χ0v) is 20.3. The van der Waals surface area contributed by atoms with Crippen LogP contribution in [0.4, 0.5) is 4.39 Å². The van der Waals surface area contributed by atoms with Gasteiger partial charge >= 0.3 is 5.97 Å². The third kappa shape index (κ3) is 6.37. The number of hydrogen-bond donors (Lipinski definition) is 0. The fourth-order valence-electron chi connectivity index (χ4n) is 4.88. The van der Waals surface area contributed by atoms with Crippen LogP contribution in [-0.2, 0) is 16.0 Å². The molecule has 0 saturated carbocycles. The molecule has 182 valence electrons. The Balaban J connectivity index is 1.36. The molecular formula is C29H31FN2O3. The number of methoxy groups -OCH3 is 2. The van der Waals surface area contributed by atoms with Gasteiger partial charge in [0.15, 0.2) is 0 Å². The number of carbonyl (C=O) groups excluding carboxylic acids is 1. The Labute approximate surface area is 206 Å². The van der Waals surface area contributed by atoms with Crippen molar-refractivity contribution in [1.82, 2.24) is 9.88 Å². The van der Waals surface area contributed by atoms with Gasteiger partial charge in [0, 0.05) is 23.7 Å². The summed E-state index contributed by atoms with van der Waals surface area (Å²) >= 11 is 0. The SMILES string of the molecule is COC(=O)[C@H]1CN(CC#Cc2cccc(F)c2)CC[C@H]1CCCc1ccnc2ccc(OC)cc12. The van der Waals surface area contributed by atoms with Gasteiger partial charge in [0.05, 0.1) is 32.2 Å². The van der Waals surface area contributed by atoms with Crippen molar-refractivity contribution in [1.29, 1.82) is 0 Å². The van der Waals surface area contributed by atoms with Crippen molar-refractivity contribution in [3.8, 4) is 17.6 Å². The van der Waals surface area contributed by atoms with Gasteiger partial charge in [-0.2, -0.15) is 0 Å². The number of fused-ring (bicyclic) bond motifs is 1. The van der Waals surface area contributed by atoms with E-state index in [2.05, 4.69) is 27.8 Å². The molecular weight excluding hydrogens is 443 g/mol. The molecule has 1 aromatic heterocycles. The normalized spacial score (nSPS) is 18.0. The molecule has 0 spiro atoms. The fourth-order valence-corrected chi connectivity index (χ4v) is 4.88. The average molecular weight is 475 g/mol. The predicted octanol–water partition coefficient (Wildman–Crippen LogP) is 4.87. The molecule has 1 fully saturated rings. The van der Waals surface area contributed by atoms with Crippen molar-refractivity contribution < 1.29 is 18.7 Å². The molecule has 0 amide bonds. The summed E-state index contributed by atoms with van der Waals surface area (Å²) in [6, 6.07) is 14.3. The number of ether oxygens (including phenoxy) is 2. The van der Waals surface area contributed by atoms with Crippen LogP contribution >= 0.6 is 0 Å². The van der Waals surface area contributed by atoms with Crippen LogP contribution in [0.1, 0.15) is 30.4 Å². The smallest absolute Gasteiger partial charge is 0.310 e. The number of piperidine rings is 1. The minimum Gasteiger partial charge on any atom is -0.497 e. The van der Waals surface area contributed by atoms with Crippen LogP contribution < -0.4 is 4.74 Å². The lowest BCUT2D eigenvalue weighted by atomic mass is 9.81. The second-order valence-electron chi connectivity index (χ2n) is 8.97. The van der Waals surface area contributed by atoms with E-state index in [1.807, 2.05) is 24.4 Å². The van der Waals surface area contributed by atoms with Crippen LogP contribution in [0, 0.1) is 29.5 Å². The van der Waals surface area contributed by atoms with E-state index in [-0.39, 0.29) is 23.6 Å². The lowest BCUT2D eigenvalue weighted by Crippen LogP contribution is -2.44. The van der Waals surface area contributed by atoms with Crippen molar-refractivity contribution in [2.75, 3.05) is 33.9 Å². The van der Waals surface area contributed by atoms with Crippen molar-refractivity contribution >= 4 is 16.9 Å². The standard InChI is InChI=1S/C29H31FN2O3/c1-34-25-11-12-28-26(19-25)22(13-15-31-28)8-4-9-23-14-17-32(20-27(23)29(33)35-2)16-5-7-21-6-3-10-24(30)18-21/h3,6,10-13,15,18-19,23,27H,4,8-9,14,16-17,20H2,1-2H3/t23-,27+/m1/s1. The molecule has 0 radical (unpaired) electrons. The van der Waals surface area contributed by atoms with Gasteiger partial charge in [-0.05, 0) is 86.2 Å². The summed E-state index contributed by atoms with van der Waals surface area (Å²) in [7, 11) is 3.13. The topological polar surface area (TPSA) is 51.7 Å². The van der Waals surface area contributed by atoms with Gasteiger partial charge in [-0.25, -0.2) is 4.39 Å². The summed E-state index contributed by atoms with van der Waals surface area (Å²) in [6.07, 6.45) is 5.63. The van der Waals surface area contributed by atoms with Crippen molar-refractivity contribution in [2.24, 2.45) is 11.8 Å². The first-order valence-corrected chi connectivity index (χ1v) is 12.0. The number of benzene rings is 2. The van der Waals surface area contributed by atoms with Gasteiger partial charge in [0.2, 0.25) is 0 Å². The first-order valence-electron chi connectivity index (χ1n) is 12.0. The molecule has 1 aliphatic heterocycles.